The molecule has 0 atom stereocenters. The first-order valence-corrected chi connectivity index (χ1v) is 7.27. The summed E-state index contributed by atoms with van der Waals surface area (Å²) in [5.41, 5.74) is 2.75. The number of amidine groups is 1. The minimum atomic E-state index is -0.0256. The summed E-state index contributed by atoms with van der Waals surface area (Å²) in [7, 11) is 0. The minimum Gasteiger partial charge on any atom is -0.339 e. The second-order valence-electron chi connectivity index (χ2n) is 5.40. The van der Waals surface area contributed by atoms with Crippen LogP contribution < -0.4 is 10.5 Å². The lowest BCUT2D eigenvalue weighted by molar-refractivity contribution is 0.0291. The van der Waals surface area contributed by atoms with E-state index < -0.39 is 0 Å². The van der Waals surface area contributed by atoms with Gasteiger partial charge in [-0.05, 0) is 29.7 Å². The molecule has 1 heterocycles. The molecule has 1 aliphatic heterocycles. The van der Waals surface area contributed by atoms with E-state index in [2.05, 4.69) is 10.3 Å². The molecule has 0 unspecified atom stereocenters. The summed E-state index contributed by atoms with van der Waals surface area (Å²) in [6.07, 6.45) is 0. The van der Waals surface area contributed by atoms with Crippen molar-refractivity contribution in [3.63, 3.8) is 0 Å². The molecule has 0 amide bonds. The molecule has 0 radical (unpaired) electrons. The van der Waals surface area contributed by atoms with Gasteiger partial charge in [0.05, 0.1) is 16.9 Å². The highest BCUT2D eigenvalue weighted by molar-refractivity contribution is 6.26. The molecule has 24 heavy (non-hydrogen) atoms. The average molecular weight is 316 g/mol. The van der Waals surface area contributed by atoms with Crippen molar-refractivity contribution in [3.8, 4) is 6.07 Å². The highest BCUT2D eigenvalue weighted by atomic mass is 16.8. The third-order valence-corrected chi connectivity index (χ3v) is 3.98. The number of rotatable bonds is 2. The molecule has 0 saturated carbocycles. The third-order valence-electron chi connectivity index (χ3n) is 3.98. The van der Waals surface area contributed by atoms with E-state index in [1.165, 1.54) is 12.1 Å². The molecular formula is C18H12N4O2. The van der Waals surface area contributed by atoms with Gasteiger partial charge >= 0.3 is 0 Å². The maximum Gasteiger partial charge on any atom is 0.139 e. The number of nitrogens with one attached hydrogen (secondary N) is 1. The zero-order chi connectivity index (χ0) is 16.7. The summed E-state index contributed by atoms with van der Waals surface area (Å²) >= 11 is 0. The number of hydrogen-bond donors (Lipinski definition) is 3. The lowest BCUT2D eigenvalue weighted by Gasteiger charge is -2.09. The average Bonchev–Trinajstić information content (AvgIpc) is 2.95. The monoisotopic (exact) mass is 316 g/mol. The van der Waals surface area contributed by atoms with Gasteiger partial charge in [-0.2, -0.15) is 5.26 Å². The maximum atomic E-state index is 9.30. The van der Waals surface area contributed by atoms with E-state index in [0.29, 0.717) is 11.5 Å². The topological polar surface area (TPSA) is 91.9 Å². The van der Waals surface area contributed by atoms with Gasteiger partial charge in [-0.25, -0.2) is 4.99 Å². The Morgan fingerprint density at radius 2 is 1.83 bits per heavy atom. The van der Waals surface area contributed by atoms with Crippen molar-refractivity contribution in [2.45, 2.75) is 0 Å². The molecule has 0 saturated heterocycles. The Labute approximate surface area is 137 Å². The normalized spacial score (nSPS) is 13.8. The quantitative estimate of drug-likeness (QED) is 0.625. The highest BCUT2D eigenvalue weighted by Crippen LogP contribution is 2.34. The standard InChI is InChI=1S/C18H12N4O2/c19-10-12-9-13(22(23)24)7-8-15(12)20-18-14-5-1-3-11-4-2-6-16(21-18)17(11)14/h1-9,23-24H,(H,20,21). The van der Waals surface area contributed by atoms with E-state index in [-0.39, 0.29) is 16.5 Å². The second-order valence-corrected chi connectivity index (χ2v) is 5.40. The lowest BCUT2D eigenvalue weighted by atomic mass is 10.1. The minimum absolute atomic E-state index is 0.0256. The Morgan fingerprint density at radius 1 is 1.04 bits per heavy atom. The fraction of sp³-hybridized carbons (Fsp3) is 0. The van der Waals surface area contributed by atoms with E-state index in [4.69, 9.17) is 10.4 Å². The van der Waals surface area contributed by atoms with E-state index >= 15 is 0 Å². The number of nitrogens with zero attached hydrogens (tertiary/aromatic N) is 3. The van der Waals surface area contributed by atoms with Crippen LogP contribution in [0.3, 0.4) is 0 Å². The summed E-state index contributed by atoms with van der Waals surface area (Å²) in [6, 6.07) is 18.4. The van der Waals surface area contributed by atoms with E-state index in [1.807, 2.05) is 42.5 Å². The molecule has 0 bridgehead atoms. The third kappa shape index (κ3) is 2.16. The van der Waals surface area contributed by atoms with Crippen LogP contribution in [0, 0.1) is 11.3 Å². The van der Waals surface area contributed by atoms with Gasteiger partial charge in [0.2, 0.25) is 0 Å². The molecule has 116 valence electrons. The zero-order valence-electron chi connectivity index (χ0n) is 12.4. The van der Waals surface area contributed by atoms with Gasteiger partial charge in [0.1, 0.15) is 11.9 Å². The Bertz CT molecular complexity index is 1030. The summed E-state index contributed by atoms with van der Waals surface area (Å²) in [5, 5.41) is 32.9. The molecular weight excluding hydrogens is 304 g/mol. The van der Waals surface area contributed by atoms with Crippen LogP contribution in [-0.4, -0.2) is 16.3 Å². The van der Waals surface area contributed by atoms with Crippen LogP contribution in [0.5, 0.6) is 0 Å². The van der Waals surface area contributed by atoms with Crippen molar-refractivity contribution in [1.82, 2.24) is 0 Å². The van der Waals surface area contributed by atoms with Gasteiger partial charge in [-0.15, -0.1) is 5.23 Å². The number of hydrogen-bond acceptors (Lipinski definition) is 5. The molecule has 0 fully saturated rings. The highest BCUT2D eigenvalue weighted by Gasteiger charge is 2.19. The Morgan fingerprint density at radius 3 is 2.58 bits per heavy atom. The van der Waals surface area contributed by atoms with Crippen molar-refractivity contribution in [2.75, 3.05) is 10.5 Å². The predicted molar refractivity (Wildman–Crippen MR) is 91.0 cm³/mol. The summed E-state index contributed by atoms with van der Waals surface area (Å²) in [5.74, 6) is 0.663. The number of benzene rings is 3. The van der Waals surface area contributed by atoms with Crippen LogP contribution in [0.1, 0.15) is 11.1 Å². The van der Waals surface area contributed by atoms with Gasteiger partial charge in [0.25, 0.3) is 0 Å². The first-order valence-electron chi connectivity index (χ1n) is 7.27. The molecule has 0 aliphatic carbocycles. The van der Waals surface area contributed by atoms with Crippen LogP contribution in [0.15, 0.2) is 59.6 Å². The molecule has 6 nitrogen and oxygen atoms in total. The van der Waals surface area contributed by atoms with Gasteiger partial charge < -0.3 is 5.32 Å². The SMILES string of the molecule is N#Cc1cc(N(O)O)ccc1/N=C1/Nc2cccc3cccc1c23. The zero-order valence-corrected chi connectivity index (χ0v) is 12.4. The molecule has 1 aliphatic rings. The van der Waals surface area contributed by atoms with E-state index in [9.17, 15) is 5.26 Å². The Hall–Kier alpha value is -3.40. The van der Waals surface area contributed by atoms with Gasteiger partial charge in [0.15, 0.2) is 0 Å². The maximum absolute atomic E-state index is 9.30. The summed E-state index contributed by atoms with van der Waals surface area (Å²) < 4.78 is 0. The fourth-order valence-corrected chi connectivity index (χ4v) is 2.88. The first kappa shape index (κ1) is 14.2. The van der Waals surface area contributed by atoms with Gasteiger partial charge in [0, 0.05) is 16.6 Å². The van der Waals surface area contributed by atoms with Crippen LogP contribution in [0.4, 0.5) is 17.1 Å². The van der Waals surface area contributed by atoms with E-state index in [1.54, 1.807) is 6.07 Å². The predicted octanol–water partition coefficient (Wildman–Crippen LogP) is 3.80. The molecule has 0 spiro atoms. The van der Waals surface area contributed by atoms with Crippen LogP contribution in [0.2, 0.25) is 0 Å². The number of anilines is 2. The number of aliphatic imine (C=N–C) groups is 1. The summed E-state index contributed by atoms with van der Waals surface area (Å²) in [6.45, 7) is 0. The van der Waals surface area contributed by atoms with Gasteiger partial charge in [-0.3, -0.25) is 10.4 Å². The van der Waals surface area contributed by atoms with Crippen molar-refractivity contribution < 1.29 is 10.4 Å². The Kier molecular flexibility index (Phi) is 3.17. The van der Waals surface area contributed by atoms with Crippen molar-refractivity contribution in [2.24, 2.45) is 4.99 Å². The molecule has 0 aromatic heterocycles. The fourth-order valence-electron chi connectivity index (χ4n) is 2.88. The summed E-state index contributed by atoms with van der Waals surface area (Å²) in [4.78, 5) is 4.57. The lowest BCUT2D eigenvalue weighted by Crippen LogP contribution is -2.11. The van der Waals surface area contributed by atoms with Crippen molar-refractivity contribution in [3.05, 3.63) is 65.7 Å². The molecule has 6 heteroatoms. The smallest absolute Gasteiger partial charge is 0.139 e. The van der Waals surface area contributed by atoms with Crippen molar-refractivity contribution >= 4 is 33.7 Å². The van der Waals surface area contributed by atoms with Gasteiger partial charge in [-0.1, -0.05) is 30.3 Å². The van der Waals surface area contributed by atoms with Crippen LogP contribution in [0.25, 0.3) is 10.8 Å². The van der Waals surface area contributed by atoms with Crippen LogP contribution >= 0.6 is 0 Å². The van der Waals surface area contributed by atoms with Crippen LogP contribution in [-0.2, 0) is 0 Å². The van der Waals surface area contributed by atoms with Crippen molar-refractivity contribution in [1.29, 1.82) is 5.26 Å². The largest absolute Gasteiger partial charge is 0.339 e. The Balaban J connectivity index is 1.85. The van der Waals surface area contributed by atoms with E-state index in [0.717, 1.165) is 22.0 Å². The number of nitriles is 1. The molecule has 3 aromatic carbocycles. The second kappa shape index (κ2) is 5.35. The molecule has 3 N–H and O–H groups in total. The molecule has 3 aromatic rings. The first-order chi connectivity index (χ1) is 11.7. The molecule has 4 rings (SSSR count).